The van der Waals surface area contributed by atoms with Gasteiger partial charge in [0.05, 0.1) is 7.11 Å². The quantitative estimate of drug-likeness (QED) is 0.778. The Morgan fingerprint density at radius 2 is 2.25 bits per heavy atom. The van der Waals surface area contributed by atoms with E-state index < -0.39 is 0 Å². The van der Waals surface area contributed by atoms with Gasteiger partial charge in [0, 0.05) is 10.9 Å². The Balaban J connectivity index is 2.65. The van der Waals surface area contributed by atoms with Gasteiger partial charge in [-0.05, 0) is 24.3 Å². The molecule has 1 rings (SSSR count). The molecule has 1 N–H and O–H groups in total. The molecule has 16 heavy (non-hydrogen) atoms. The largest absolute Gasteiger partial charge is 0.468 e. The molecule has 0 saturated heterocycles. The van der Waals surface area contributed by atoms with Crippen molar-refractivity contribution in [2.45, 2.75) is 38.8 Å². The van der Waals surface area contributed by atoms with Gasteiger partial charge in [0.1, 0.15) is 6.04 Å². The molecule has 1 aromatic rings. The van der Waals surface area contributed by atoms with Crippen molar-refractivity contribution in [3.63, 3.8) is 0 Å². The van der Waals surface area contributed by atoms with E-state index in [1.807, 2.05) is 13.0 Å². The van der Waals surface area contributed by atoms with E-state index in [0.29, 0.717) is 0 Å². The van der Waals surface area contributed by atoms with Gasteiger partial charge in [0.15, 0.2) is 0 Å². The summed E-state index contributed by atoms with van der Waals surface area (Å²) >= 11 is 1.71. The normalized spacial score (nSPS) is 14.4. The number of nitrogens with one attached hydrogen (secondary N) is 1. The fraction of sp³-hybridized carbons (Fsp3) is 0.583. The molecule has 2 atom stereocenters. The second-order valence-electron chi connectivity index (χ2n) is 3.63. The highest BCUT2D eigenvalue weighted by Crippen LogP contribution is 2.22. The average molecular weight is 241 g/mol. The van der Waals surface area contributed by atoms with E-state index in [2.05, 4.69) is 23.7 Å². The molecule has 0 radical (unpaired) electrons. The molecule has 3 nitrogen and oxygen atoms in total. The van der Waals surface area contributed by atoms with Gasteiger partial charge in [0.25, 0.3) is 0 Å². The van der Waals surface area contributed by atoms with E-state index in [-0.39, 0.29) is 18.1 Å². The molecule has 90 valence electrons. The molecule has 4 heteroatoms. The number of rotatable bonds is 6. The molecule has 0 fully saturated rings. The van der Waals surface area contributed by atoms with Crippen LogP contribution in [0.2, 0.25) is 0 Å². The molecule has 0 aromatic carbocycles. The molecule has 0 bridgehead atoms. The third-order valence-corrected chi connectivity index (χ3v) is 3.58. The van der Waals surface area contributed by atoms with E-state index in [1.165, 1.54) is 12.0 Å². The zero-order chi connectivity index (χ0) is 12.0. The van der Waals surface area contributed by atoms with Crippen molar-refractivity contribution >= 4 is 17.3 Å². The summed E-state index contributed by atoms with van der Waals surface area (Å²) in [6.45, 7) is 4.09. The minimum Gasteiger partial charge on any atom is -0.468 e. The van der Waals surface area contributed by atoms with Crippen LogP contribution in [0.4, 0.5) is 0 Å². The number of thiophene rings is 1. The fourth-order valence-electron chi connectivity index (χ4n) is 1.63. The van der Waals surface area contributed by atoms with E-state index in [9.17, 15) is 4.79 Å². The molecule has 0 spiro atoms. The topological polar surface area (TPSA) is 38.3 Å². The summed E-state index contributed by atoms with van der Waals surface area (Å²) in [6.07, 6.45) is 1.71. The van der Waals surface area contributed by atoms with Crippen LogP contribution in [0.15, 0.2) is 17.5 Å². The molecular weight excluding hydrogens is 222 g/mol. The first kappa shape index (κ1) is 13.2. The number of ether oxygens (including phenoxy) is 1. The van der Waals surface area contributed by atoms with Gasteiger partial charge in [-0.2, -0.15) is 0 Å². The molecule has 2 unspecified atom stereocenters. The van der Waals surface area contributed by atoms with Crippen LogP contribution in [0.5, 0.6) is 0 Å². The zero-order valence-corrected chi connectivity index (χ0v) is 10.8. The van der Waals surface area contributed by atoms with Gasteiger partial charge in [0.2, 0.25) is 0 Å². The molecule has 0 aliphatic heterocycles. The Labute approximate surface area is 101 Å². The van der Waals surface area contributed by atoms with Crippen LogP contribution in [0.1, 0.15) is 37.6 Å². The first-order chi connectivity index (χ1) is 7.72. The number of esters is 1. The number of hydrogen-bond donors (Lipinski definition) is 1. The van der Waals surface area contributed by atoms with Gasteiger partial charge in [-0.15, -0.1) is 11.3 Å². The number of carbonyl (C=O) groups excluding carboxylic acids is 1. The summed E-state index contributed by atoms with van der Waals surface area (Å²) < 4.78 is 4.77. The third-order valence-electron chi connectivity index (χ3n) is 2.59. The van der Waals surface area contributed by atoms with Crippen LogP contribution in [0.3, 0.4) is 0 Å². The average Bonchev–Trinajstić information content (AvgIpc) is 2.83. The van der Waals surface area contributed by atoms with Crippen LogP contribution in [-0.4, -0.2) is 19.1 Å². The van der Waals surface area contributed by atoms with E-state index in [1.54, 1.807) is 11.3 Å². The van der Waals surface area contributed by atoms with Crippen LogP contribution < -0.4 is 5.32 Å². The molecule has 0 aliphatic carbocycles. The molecule has 0 saturated carbocycles. The highest BCUT2D eigenvalue weighted by atomic mass is 32.1. The van der Waals surface area contributed by atoms with Crippen molar-refractivity contribution < 1.29 is 9.53 Å². The standard InChI is InChI=1S/C12H19NO2S/c1-4-9(11-7-6-8-16-11)13-10(5-2)12(14)15-3/h6-10,13H,4-5H2,1-3H3. The Kier molecular flexibility index (Phi) is 5.49. The van der Waals surface area contributed by atoms with Crippen molar-refractivity contribution in [3.8, 4) is 0 Å². The predicted molar refractivity (Wildman–Crippen MR) is 66.6 cm³/mol. The lowest BCUT2D eigenvalue weighted by Crippen LogP contribution is -2.39. The lowest BCUT2D eigenvalue weighted by atomic mass is 10.1. The van der Waals surface area contributed by atoms with Crippen molar-refractivity contribution in [2.24, 2.45) is 0 Å². The summed E-state index contributed by atoms with van der Waals surface area (Å²) in [5.41, 5.74) is 0. The first-order valence-electron chi connectivity index (χ1n) is 5.60. The Bertz CT molecular complexity index is 311. The molecule has 0 aliphatic rings. The molecule has 1 aromatic heterocycles. The summed E-state index contributed by atoms with van der Waals surface area (Å²) in [5, 5.41) is 5.40. The maximum Gasteiger partial charge on any atom is 0.322 e. The minimum atomic E-state index is -0.211. The van der Waals surface area contributed by atoms with E-state index >= 15 is 0 Å². The van der Waals surface area contributed by atoms with Crippen LogP contribution in [-0.2, 0) is 9.53 Å². The second-order valence-corrected chi connectivity index (χ2v) is 4.61. The highest BCUT2D eigenvalue weighted by molar-refractivity contribution is 7.10. The maximum absolute atomic E-state index is 11.5. The first-order valence-corrected chi connectivity index (χ1v) is 6.48. The number of hydrogen-bond acceptors (Lipinski definition) is 4. The Morgan fingerprint density at radius 3 is 2.69 bits per heavy atom. The van der Waals surface area contributed by atoms with Crippen LogP contribution >= 0.6 is 11.3 Å². The van der Waals surface area contributed by atoms with Gasteiger partial charge in [-0.25, -0.2) is 0 Å². The smallest absolute Gasteiger partial charge is 0.322 e. The van der Waals surface area contributed by atoms with Crippen molar-refractivity contribution in [3.05, 3.63) is 22.4 Å². The lowest BCUT2D eigenvalue weighted by molar-refractivity contribution is -0.143. The van der Waals surface area contributed by atoms with Crippen molar-refractivity contribution in [2.75, 3.05) is 7.11 Å². The van der Waals surface area contributed by atoms with E-state index in [4.69, 9.17) is 4.74 Å². The second kappa shape index (κ2) is 6.66. The minimum absolute atomic E-state index is 0.183. The summed E-state index contributed by atoms with van der Waals surface area (Å²) in [5.74, 6) is -0.183. The Morgan fingerprint density at radius 1 is 1.50 bits per heavy atom. The summed E-state index contributed by atoms with van der Waals surface area (Å²) in [4.78, 5) is 12.8. The van der Waals surface area contributed by atoms with Crippen LogP contribution in [0.25, 0.3) is 0 Å². The predicted octanol–water partition coefficient (Wildman–Crippen LogP) is 2.74. The molecular formula is C12H19NO2S. The monoisotopic (exact) mass is 241 g/mol. The lowest BCUT2D eigenvalue weighted by Gasteiger charge is -2.21. The van der Waals surface area contributed by atoms with Gasteiger partial charge >= 0.3 is 5.97 Å². The van der Waals surface area contributed by atoms with Gasteiger partial charge < -0.3 is 4.74 Å². The van der Waals surface area contributed by atoms with Crippen molar-refractivity contribution in [1.82, 2.24) is 5.32 Å². The summed E-state index contributed by atoms with van der Waals surface area (Å²) in [6, 6.07) is 4.15. The van der Waals surface area contributed by atoms with Gasteiger partial charge in [-0.1, -0.05) is 19.9 Å². The zero-order valence-electron chi connectivity index (χ0n) is 10.0. The number of carbonyl (C=O) groups is 1. The maximum atomic E-state index is 11.5. The molecule has 0 amide bonds. The highest BCUT2D eigenvalue weighted by Gasteiger charge is 2.21. The number of methoxy groups -OCH3 is 1. The Hall–Kier alpha value is -0.870. The SMILES string of the molecule is CCC(NC(CC)c1cccs1)C(=O)OC. The van der Waals surface area contributed by atoms with Crippen molar-refractivity contribution in [1.29, 1.82) is 0 Å². The third kappa shape index (κ3) is 3.32. The van der Waals surface area contributed by atoms with E-state index in [0.717, 1.165) is 12.8 Å². The molecule has 1 heterocycles. The fourth-order valence-corrected chi connectivity index (χ4v) is 2.50. The van der Waals surface area contributed by atoms with Crippen LogP contribution in [0, 0.1) is 0 Å². The van der Waals surface area contributed by atoms with Gasteiger partial charge in [-0.3, -0.25) is 10.1 Å². The summed E-state index contributed by atoms with van der Waals surface area (Å²) in [7, 11) is 1.43.